The van der Waals surface area contributed by atoms with E-state index in [2.05, 4.69) is 0 Å². The van der Waals surface area contributed by atoms with Gasteiger partial charge in [0.15, 0.2) is 0 Å². The molecule has 0 unspecified atom stereocenters. The van der Waals surface area contributed by atoms with E-state index >= 15 is 0 Å². The number of likely N-dealkylation sites (tertiary alicyclic amines) is 1. The lowest BCUT2D eigenvalue weighted by atomic mass is 9.85. The molecule has 0 atom stereocenters. The van der Waals surface area contributed by atoms with E-state index in [1.54, 1.807) is 12.1 Å². The molecule has 2 aliphatic rings. The number of halogens is 6. The Hall–Kier alpha value is -3.49. The molecule has 3 nitrogen and oxygen atoms in total. The first-order valence-electron chi connectivity index (χ1n) is 13.3. The van der Waals surface area contributed by atoms with Crippen molar-refractivity contribution in [2.24, 2.45) is 0 Å². The minimum absolute atomic E-state index is 0.0136. The van der Waals surface area contributed by atoms with Crippen molar-refractivity contribution >= 4 is 34.8 Å². The summed E-state index contributed by atoms with van der Waals surface area (Å²) in [5, 5.41) is 9.15. The Bertz CT molecular complexity index is 1520. The van der Waals surface area contributed by atoms with E-state index < -0.39 is 24.1 Å². The third-order valence-electron chi connectivity index (χ3n) is 7.51. The second kappa shape index (κ2) is 11.8. The highest BCUT2D eigenvalue weighted by atomic mass is 35.5. The zero-order chi connectivity index (χ0) is 29.3. The molecular weight excluding hydrogens is 561 g/mol. The predicted molar refractivity (Wildman–Crippen MR) is 150 cm³/mol. The van der Waals surface area contributed by atoms with Gasteiger partial charge in [0.05, 0.1) is 16.1 Å². The lowest BCUT2D eigenvalue weighted by Gasteiger charge is -2.34. The van der Waals surface area contributed by atoms with Crippen molar-refractivity contribution < 1.29 is 31.9 Å². The second-order valence-electron chi connectivity index (χ2n) is 10.4. The first-order chi connectivity index (χ1) is 19.5. The lowest BCUT2D eigenvalue weighted by Crippen LogP contribution is -2.40. The number of aromatic carboxylic acids is 1. The van der Waals surface area contributed by atoms with Crippen LogP contribution in [0.4, 0.5) is 22.0 Å². The first-order valence-corrected chi connectivity index (χ1v) is 13.6. The Morgan fingerprint density at radius 1 is 1.00 bits per heavy atom. The molecule has 41 heavy (non-hydrogen) atoms. The SMILES string of the molecule is O=C(O)c1ccc2c(c1)CCCC(c1cccc(Cl)c1C(F)(F)F)=C2c1ccc(C=C2CN(CCC(F)F)C2)cc1. The molecule has 0 bridgehead atoms. The molecule has 0 saturated carbocycles. The Labute approximate surface area is 239 Å². The summed E-state index contributed by atoms with van der Waals surface area (Å²) in [7, 11) is 0. The van der Waals surface area contributed by atoms with Crippen molar-refractivity contribution in [2.45, 2.75) is 38.3 Å². The van der Waals surface area contributed by atoms with Crippen LogP contribution in [0.15, 0.2) is 66.2 Å². The maximum atomic E-state index is 14.2. The van der Waals surface area contributed by atoms with Gasteiger partial charge in [-0.2, -0.15) is 13.2 Å². The number of nitrogens with zero attached hydrogens (tertiary/aromatic N) is 1. The van der Waals surface area contributed by atoms with Gasteiger partial charge in [-0.15, -0.1) is 0 Å². The zero-order valence-corrected chi connectivity index (χ0v) is 22.7. The maximum Gasteiger partial charge on any atom is 0.418 e. The standard InChI is InChI=1S/C32H27ClF5NO2/c33-27-6-2-5-26(30(27)32(36,37)38)25-4-1-3-22-16-23(31(40)41)11-12-24(22)29(25)21-9-7-19(8-10-21)15-20-17-39(18-20)14-13-28(34)35/h2,5-12,15-16,28H,1,3-4,13-14,17-18H2,(H,40,41). The van der Waals surface area contributed by atoms with Gasteiger partial charge in [0.1, 0.15) is 0 Å². The largest absolute Gasteiger partial charge is 0.478 e. The number of allylic oxidation sites excluding steroid dienone is 1. The topological polar surface area (TPSA) is 40.5 Å². The van der Waals surface area contributed by atoms with Crippen molar-refractivity contribution in [3.8, 4) is 0 Å². The lowest BCUT2D eigenvalue weighted by molar-refractivity contribution is -0.137. The van der Waals surface area contributed by atoms with Gasteiger partial charge in [0.2, 0.25) is 6.43 Å². The number of hydrogen-bond acceptors (Lipinski definition) is 2. The van der Waals surface area contributed by atoms with Crippen LogP contribution in [-0.2, 0) is 12.6 Å². The molecule has 0 radical (unpaired) electrons. The number of aryl methyl sites for hydroxylation is 1. The minimum Gasteiger partial charge on any atom is -0.478 e. The second-order valence-corrected chi connectivity index (χ2v) is 10.8. The van der Waals surface area contributed by atoms with Crippen LogP contribution in [0.1, 0.15) is 63.0 Å². The summed E-state index contributed by atoms with van der Waals surface area (Å²) in [6.45, 7) is 1.59. The summed E-state index contributed by atoms with van der Waals surface area (Å²) < 4.78 is 67.7. The summed E-state index contributed by atoms with van der Waals surface area (Å²) in [6, 6.07) is 16.4. The maximum absolute atomic E-state index is 14.2. The van der Waals surface area contributed by atoms with Crippen molar-refractivity contribution in [1.29, 1.82) is 0 Å². The number of fused-ring (bicyclic) bond motifs is 1. The third-order valence-corrected chi connectivity index (χ3v) is 7.82. The van der Waals surface area contributed by atoms with E-state index in [0.717, 1.165) is 16.7 Å². The Kier molecular flexibility index (Phi) is 8.34. The first kappa shape index (κ1) is 29.0. The summed E-state index contributed by atoms with van der Waals surface area (Å²) in [4.78, 5) is 13.6. The number of benzene rings is 3. The number of carboxylic acid groups (broad SMARTS) is 1. The molecule has 1 N–H and O–H groups in total. The third kappa shape index (κ3) is 6.39. The Balaban J connectivity index is 1.59. The predicted octanol–water partition coefficient (Wildman–Crippen LogP) is 8.71. The summed E-state index contributed by atoms with van der Waals surface area (Å²) in [6.07, 6.45) is -3.76. The fourth-order valence-corrected chi connectivity index (χ4v) is 5.90. The van der Waals surface area contributed by atoms with E-state index in [4.69, 9.17) is 11.6 Å². The van der Waals surface area contributed by atoms with Crippen molar-refractivity contribution in [2.75, 3.05) is 19.6 Å². The van der Waals surface area contributed by atoms with Crippen LogP contribution in [0, 0.1) is 0 Å². The van der Waals surface area contributed by atoms with Crippen LogP contribution >= 0.6 is 11.6 Å². The molecule has 1 fully saturated rings. The summed E-state index contributed by atoms with van der Waals surface area (Å²) >= 11 is 6.10. The molecule has 0 spiro atoms. The van der Waals surface area contributed by atoms with Gasteiger partial charge in [-0.05, 0) is 82.0 Å². The van der Waals surface area contributed by atoms with Crippen molar-refractivity contribution in [3.63, 3.8) is 0 Å². The van der Waals surface area contributed by atoms with Crippen LogP contribution < -0.4 is 0 Å². The van der Waals surface area contributed by atoms with Gasteiger partial charge >= 0.3 is 12.1 Å². The minimum atomic E-state index is -4.67. The molecule has 9 heteroatoms. The number of hydrogen-bond donors (Lipinski definition) is 1. The fraction of sp³-hybridized carbons (Fsp3) is 0.281. The molecule has 1 heterocycles. The van der Waals surface area contributed by atoms with Crippen LogP contribution in [0.2, 0.25) is 5.02 Å². The van der Waals surface area contributed by atoms with Gasteiger partial charge < -0.3 is 5.11 Å². The quantitative estimate of drug-likeness (QED) is 0.281. The van der Waals surface area contributed by atoms with E-state index in [0.29, 0.717) is 61.2 Å². The van der Waals surface area contributed by atoms with Crippen LogP contribution in [0.5, 0.6) is 0 Å². The normalized spacial score (nSPS) is 15.9. The Morgan fingerprint density at radius 3 is 2.39 bits per heavy atom. The number of alkyl halides is 5. The van der Waals surface area contributed by atoms with Crippen LogP contribution in [0.25, 0.3) is 17.2 Å². The van der Waals surface area contributed by atoms with E-state index in [9.17, 15) is 31.9 Å². The average molecular weight is 588 g/mol. The highest BCUT2D eigenvalue weighted by molar-refractivity contribution is 6.31. The summed E-state index contributed by atoms with van der Waals surface area (Å²) in [5.74, 6) is -1.07. The van der Waals surface area contributed by atoms with E-state index in [1.807, 2.05) is 35.2 Å². The number of carbonyl (C=O) groups is 1. The number of rotatable bonds is 7. The molecule has 1 aliphatic heterocycles. The van der Waals surface area contributed by atoms with Crippen LogP contribution in [0.3, 0.4) is 0 Å². The van der Waals surface area contributed by atoms with Crippen LogP contribution in [-0.4, -0.2) is 42.0 Å². The smallest absolute Gasteiger partial charge is 0.418 e. The monoisotopic (exact) mass is 587 g/mol. The highest BCUT2D eigenvalue weighted by Crippen LogP contribution is 2.46. The molecule has 0 aromatic heterocycles. The molecular formula is C32H27ClF5NO2. The van der Waals surface area contributed by atoms with E-state index in [1.165, 1.54) is 24.3 Å². The van der Waals surface area contributed by atoms with Gasteiger partial charge in [0, 0.05) is 26.1 Å². The molecule has 0 amide bonds. The molecule has 5 rings (SSSR count). The molecule has 214 valence electrons. The number of carboxylic acids is 1. The molecule has 1 saturated heterocycles. The van der Waals surface area contributed by atoms with Crippen molar-refractivity contribution in [1.82, 2.24) is 4.90 Å². The van der Waals surface area contributed by atoms with Gasteiger partial charge in [-0.3, -0.25) is 4.90 Å². The molecule has 3 aromatic carbocycles. The van der Waals surface area contributed by atoms with Gasteiger partial charge in [-0.25, -0.2) is 13.6 Å². The molecule has 1 aliphatic carbocycles. The van der Waals surface area contributed by atoms with Gasteiger partial charge in [-0.1, -0.05) is 60.1 Å². The zero-order valence-electron chi connectivity index (χ0n) is 21.9. The Morgan fingerprint density at radius 2 is 1.73 bits per heavy atom. The van der Waals surface area contributed by atoms with E-state index in [-0.39, 0.29) is 22.6 Å². The average Bonchev–Trinajstić information content (AvgIpc) is 3.08. The highest BCUT2D eigenvalue weighted by Gasteiger charge is 2.37. The molecule has 3 aromatic rings. The van der Waals surface area contributed by atoms with Crippen molar-refractivity contribution in [3.05, 3.63) is 110 Å². The summed E-state index contributed by atoms with van der Waals surface area (Å²) in [5.41, 5.74) is 4.52. The fourth-order valence-electron chi connectivity index (χ4n) is 5.62. The van der Waals surface area contributed by atoms with Gasteiger partial charge in [0.25, 0.3) is 0 Å².